The summed E-state index contributed by atoms with van der Waals surface area (Å²) >= 11 is 0. The molecule has 108 valence electrons. The van der Waals surface area contributed by atoms with Crippen LogP contribution in [0, 0.1) is 5.82 Å². The van der Waals surface area contributed by atoms with Gasteiger partial charge in [-0.1, -0.05) is 19.1 Å². The van der Waals surface area contributed by atoms with Gasteiger partial charge in [-0.2, -0.15) is 5.10 Å². The molecule has 1 aromatic carbocycles. The van der Waals surface area contributed by atoms with E-state index in [0.29, 0.717) is 17.8 Å². The van der Waals surface area contributed by atoms with Crippen LogP contribution in [0.15, 0.2) is 24.5 Å². The number of hydrogen-bond acceptors (Lipinski definition) is 4. The first-order chi connectivity index (χ1) is 9.76. The van der Waals surface area contributed by atoms with Crippen LogP contribution in [0.2, 0.25) is 0 Å². The quantitative estimate of drug-likeness (QED) is 0.815. The van der Waals surface area contributed by atoms with Gasteiger partial charge in [0.15, 0.2) is 11.6 Å². The van der Waals surface area contributed by atoms with E-state index in [2.05, 4.69) is 27.4 Å². The van der Waals surface area contributed by atoms with Crippen LogP contribution in [0.25, 0.3) is 0 Å². The molecule has 5 nitrogen and oxygen atoms in total. The molecule has 0 radical (unpaired) electrons. The van der Waals surface area contributed by atoms with E-state index < -0.39 is 0 Å². The van der Waals surface area contributed by atoms with E-state index in [1.807, 2.05) is 0 Å². The van der Waals surface area contributed by atoms with Crippen LogP contribution in [-0.4, -0.2) is 28.8 Å². The van der Waals surface area contributed by atoms with Crippen molar-refractivity contribution in [1.29, 1.82) is 0 Å². The summed E-state index contributed by atoms with van der Waals surface area (Å²) in [5.41, 5.74) is 0.592. The fraction of sp³-hybridized carbons (Fsp3) is 0.429. The smallest absolute Gasteiger partial charge is 0.168 e. The third kappa shape index (κ3) is 3.33. The molecular formula is C14H19FN4O. The molecule has 2 aromatic rings. The zero-order valence-electron chi connectivity index (χ0n) is 11.7. The number of H-pyrrole nitrogens is 1. The first-order valence-electron chi connectivity index (χ1n) is 6.66. The Labute approximate surface area is 117 Å². The number of hydrogen-bond donors (Lipinski definition) is 2. The molecule has 0 saturated carbocycles. The number of nitrogens with one attached hydrogen (secondary N) is 2. The first-order valence-corrected chi connectivity index (χ1v) is 6.66. The van der Waals surface area contributed by atoms with Crippen LogP contribution >= 0.6 is 0 Å². The second kappa shape index (κ2) is 7.00. The van der Waals surface area contributed by atoms with Gasteiger partial charge in [-0.05, 0) is 31.0 Å². The minimum absolute atomic E-state index is 0.0981. The molecule has 0 aliphatic rings. The Kier molecular flexibility index (Phi) is 5.06. The molecule has 0 aliphatic carbocycles. The Morgan fingerprint density at radius 2 is 2.30 bits per heavy atom. The first kappa shape index (κ1) is 14.5. The third-order valence-electron chi connectivity index (χ3n) is 3.09. The number of aromatic nitrogens is 3. The second-order valence-corrected chi connectivity index (χ2v) is 4.51. The zero-order chi connectivity index (χ0) is 14.4. The summed E-state index contributed by atoms with van der Waals surface area (Å²) in [4.78, 5) is 4.16. The summed E-state index contributed by atoms with van der Waals surface area (Å²) in [6, 6.07) is 5.06. The van der Waals surface area contributed by atoms with Crippen molar-refractivity contribution in [1.82, 2.24) is 20.5 Å². The lowest BCUT2D eigenvalue weighted by molar-refractivity contribution is 0.382. The molecule has 0 fully saturated rings. The van der Waals surface area contributed by atoms with Gasteiger partial charge in [0.25, 0.3) is 0 Å². The average Bonchev–Trinajstić information content (AvgIpc) is 2.99. The van der Waals surface area contributed by atoms with Gasteiger partial charge < -0.3 is 10.1 Å². The van der Waals surface area contributed by atoms with E-state index in [4.69, 9.17) is 4.74 Å². The van der Waals surface area contributed by atoms with Crippen LogP contribution < -0.4 is 10.1 Å². The van der Waals surface area contributed by atoms with Crippen molar-refractivity contribution >= 4 is 0 Å². The molecule has 0 saturated heterocycles. The summed E-state index contributed by atoms with van der Waals surface area (Å²) in [7, 11) is 1.46. The van der Waals surface area contributed by atoms with Gasteiger partial charge >= 0.3 is 0 Å². The topological polar surface area (TPSA) is 62.8 Å². The lowest BCUT2D eigenvalue weighted by Gasteiger charge is -2.17. The lowest BCUT2D eigenvalue weighted by atomic mass is 10.0. The number of ether oxygens (including phenoxy) is 1. The third-order valence-corrected chi connectivity index (χ3v) is 3.09. The number of benzene rings is 1. The molecule has 1 aromatic heterocycles. The van der Waals surface area contributed by atoms with Crippen molar-refractivity contribution in [2.45, 2.75) is 25.8 Å². The van der Waals surface area contributed by atoms with E-state index in [1.165, 1.54) is 13.4 Å². The van der Waals surface area contributed by atoms with Gasteiger partial charge in [0, 0.05) is 0 Å². The largest absolute Gasteiger partial charge is 0.494 e. The van der Waals surface area contributed by atoms with Crippen molar-refractivity contribution in [3.8, 4) is 5.75 Å². The molecule has 0 aliphatic heterocycles. The summed E-state index contributed by atoms with van der Waals surface area (Å²) < 4.78 is 19.2. The lowest BCUT2D eigenvalue weighted by Crippen LogP contribution is -2.25. The van der Waals surface area contributed by atoms with E-state index in [-0.39, 0.29) is 17.6 Å². The van der Waals surface area contributed by atoms with Gasteiger partial charge in [0.2, 0.25) is 0 Å². The SMILES string of the molecule is CCCNC(Cc1cccc(OC)c1F)c1ncn[nH]1. The molecule has 2 N–H and O–H groups in total. The fourth-order valence-corrected chi connectivity index (χ4v) is 2.06. The van der Waals surface area contributed by atoms with E-state index in [9.17, 15) is 4.39 Å². The van der Waals surface area contributed by atoms with Gasteiger partial charge in [-0.3, -0.25) is 5.10 Å². The molecule has 0 amide bonds. The van der Waals surface area contributed by atoms with Crippen LogP contribution in [0.1, 0.15) is 30.8 Å². The predicted molar refractivity (Wildman–Crippen MR) is 74.1 cm³/mol. The van der Waals surface area contributed by atoms with E-state index in [1.54, 1.807) is 18.2 Å². The van der Waals surface area contributed by atoms with Crippen molar-refractivity contribution in [3.63, 3.8) is 0 Å². The number of halogens is 1. The number of nitrogens with zero attached hydrogens (tertiary/aromatic N) is 2. The van der Waals surface area contributed by atoms with Crippen LogP contribution in [0.5, 0.6) is 5.75 Å². The van der Waals surface area contributed by atoms with E-state index in [0.717, 1.165) is 13.0 Å². The maximum absolute atomic E-state index is 14.2. The van der Waals surface area contributed by atoms with Crippen LogP contribution in [0.4, 0.5) is 4.39 Å². The highest BCUT2D eigenvalue weighted by Crippen LogP contribution is 2.24. The molecule has 6 heteroatoms. The van der Waals surface area contributed by atoms with Crippen molar-refractivity contribution in [2.75, 3.05) is 13.7 Å². The summed E-state index contributed by atoms with van der Waals surface area (Å²) in [6.45, 7) is 2.91. The van der Waals surface area contributed by atoms with Gasteiger partial charge in [0.1, 0.15) is 12.2 Å². The van der Waals surface area contributed by atoms with Crippen LogP contribution in [-0.2, 0) is 6.42 Å². The van der Waals surface area contributed by atoms with Crippen molar-refractivity contribution in [2.24, 2.45) is 0 Å². The fourth-order valence-electron chi connectivity index (χ4n) is 2.06. The maximum atomic E-state index is 14.2. The molecule has 1 heterocycles. The van der Waals surface area contributed by atoms with E-state index >= 15 is 0 Å². The summed E-state index contributed by atoms with van der Waals surface area (Å²) in [6.07, 6.45) is 2.93. The van der Waals surface area contributed by atoms with Crippen molar-refractivity contribution in [3.05, 3.63) is 41.7 Å². The predicted octanol–water partition coefficient (Wildman–Crippen LogP) is 2.24. The summed E-state index contributed by atoms with van der Waals surface area (Å²) in [5.74, 6) is 0.646. The monoisotopic (exact) mass is 278 g/mol. The zero-order valence-corrected chi connectivity index (χ0v) is 11.7. The number of methoxy groups -OCH3 is 1. The minimum atomic E-state index is -0.321. The Morgan fingerprint density at radius 3 is 2.95 bits per heavy atom. The highest BCUT2D eigenvalue weighted by Gasteiger charge is 2.18. The van der Waals surface area contributed by atoms with Gasteiger partial charge in [-0.15, -0.1) is 0 Å². The Morgan fingerprint density at radius 1 is 1.45 bits per heavy atom. The Bertz CT molecular complexity index is 530. The molecule has 0 spiro atoms. The average molecular weight is 278 g/mol. The molecule has 20 heavy (non-hydrogen) atoms. The molecule has 2 rings (SSSR count). The Balaban J connectivity index is 2.19. The molecule has 1 unspecified atom stereocenters. The molecule has 0 bridgehead atoms. The maximum Gasteiger partial charge on any atom is 0.168 e. The molecule has 1 atom stereocenters. The number of aromatic amines is 1. The highest BCUT2D eigenvalue weighted by atomic mass is 19.1. The standard InChI is InChI=1S/C14H19FN4O/c1-3-7-16-11(14-17-9-18-19-14)8-10-5-4-6-12(20-2)13(10)15/h4-6,9,11,16H,3,7-8H2,1-2H3,(H,17,18,19). The second-order valence-electron chi connectivity index (χ2n) is 4.51. The molecular weight excluding hydrogens is 259 g/mol. The normalized spacial score (nSPS) is 12.3. The van der Waals surface area contributed by atoms with Crippen molar-refractivity contribution < 1.29 is 9.13 Å². The number of rotatable bonds is 7. The van der Waals surface area contributed by atoms with Gasteiger partial charge in [-0.25, -0.2) is 9.37 Å². The Hall–Kier alpha value is -1.95. The highest BCUT2D eigenvalue weighted by molar-refractivity contribution is 5.31. The van der Waals surface area contributed by atoms with Gasteiger partial charge in [0.05, 0.1) is 13.2 Å². The summed E-state index contributed by atoms with van der Waals surface area (Å²) in [5, 5.41) is 10.0. The minimum Gasteiger partial charge on any atom is -0.494 e. The van der Waals surface area contributed by atoms with Crippen LogP contribution in [0.3, 0.4) is 0 Å².